The van der Waals surface area contributed by atoms with Crippen molar-refractivity contribution in [2.75, 3.05) is 19.0 Å². The van der Waals surface area contributed by atoms with Crippen LogP contribution in [-0.4, -0.2) is 33.5 Å². The van der Waals surface area contributed by atoms with Crippen LogP contribution in [0, 0.1) is 27.7 Å². The second kappa shape index (κ2) is 6.67. The van der Waals surface area contributed by atoms with E-state index in [0.29, 0.717) is 13.2 Å². The smallest absolute Gasteiger partial charge is 0.148 e. The number of methoxy groups -OCH3 is 1. The molecule has 0 aliphatic heterocycles. The summed E-state index contributed by atoms with van der Waals surface area (Å²) in [6, 6.07) is 0. The Labute approximate surface area is 125 Å². The zero-order valence-corrected chi connectivity index (χ0v) is 13.4. The fraction of sp³-hybridized carbons (Fsp3) is 0.533. The third-order valence-corrected chi connectivity index (χ3v) is 3.55. The highest BCUT2D eigenvalue weighted by molar-refractivity contribution is 5.41. The molecule has 0 fully saturated rings. The van der Waals surface area contributed by atoms with Crippen LogP contribution in [0.3, 0.4) is 0 Å². The molecule has 21 heavy (non-hydrogen) atoms. The molecular formula is C15H23N5O. The predicted molar refractivity (Wildman–Crippen MR) is 82.4 cm³/mol. The van der Waals surface area contributed by atoms with Gasteiger partial charge < -0.3 is 10.1 Å². The lowest BCUT2D eigenvalue weighted by molar-refractivity contribution is 0.182. The van der Waals surface area contributed by atoms with Crippen molar-refractivity contribution in [1.29, 1.82) is 0 Å². The first-order valence-corrected chi connectivity index (χ1v) is 7.09. The zero-order chi connectivity index (χ0) is 15.4. The zero-order valence-electron chi connectivity index (χ0n) is 13.4. The van der Waals surface area contributed by atoms with Crippen molar-refractivity contribution in [2.45, 2.75) is 40.8 Å². The number of aromatic nitrogens is 4. The van der Waals surface area contributed by atoms with Crippen molar-refractivity contribution >= 4 is 5.82 Å². The average molecular weight is 289 g/mol. The average Bonchev–Trinajstić information content (AvgIpc) is 2.72. The van der Waals surface area contributed by atoms with Crippen LogP contribution in [-0.2, 0) is 17.8 Å². The summed E-state index contributed by atoms with van der Waals surface area (Å²) in [4.78, 5) is 8.80. The molecule has 1 N–H and O–H groups in total. The summed E-state index contributed by atoms with van der Waals surface area (Å²) in [6.07, 6.45) is 1.78. The van der Waals surface area contributed by atoms with E-state index in [1.165, 1.54) is 5.56 Å². The summed E-state index contributed by atoms with van der Waals surface area (Å²) >= 11 is 0. The van der Waals surface area contributed by atoms with Gasteiger partial charge in [-0.3, -0.25) is 9.67 Å². The maximum atomic E-state index is 5.11. The number of nitrogens with zero attached hydrogens (tertiary/aromatic N) is 4. The van der Waals surface area contributed by atoms with Crippen LogP contribution in [0.15, 0.2) is 6.20 Å². The lowest BCUT2D eigenvalue weighted by Gasteiger charge is -2.09. The second-order valence-corrected chi connectivity index (χ2v) is 5.16. The van der Waals surface area contributed by atoms with Crippen molar-refractivity contribution in [3.63, 3.8) is 0 Å². The van der Waals surface area contributed by atoms with E-state index in [2.05, 4.69) is 27.3 Å². The highest BCUT2D eigenvalue weighted by atomic mass is 16.5. The number of anilines is 1. The fourth-order valence-corrected chi connectivity index (χ4v) is 2.26. The summed E-state index contributed by atoms with van der Waals surface area (Å²) in [5, 5.41) is 7.92. The Bertz CT molecular complexity index is 621. The normalized spacial score (nSPS) is 10.9. The molecule has 0 aromatic carbocycles. The van der Waals surface area contributed by atoms with Gasteiger partial charge in [0.2, 0.25) is 0 Å². The van der Waals surface area contributed by atoms with Gasteiger partial charge in [-0.2, -0.15) is 5.10 Å². The van der Waals surface area contributed by atoms with E-state index in [-0.39, 0.29) is 0 Å². The van der Waals surface area contributed by atoms with Gasteiger partial charge in [0.25, 0.3) is 0 Å². The van der Waals surface area contributed by atoms with E-state index in [0.717, 1.165) is 35.1 Å². The maximum absolute atomic E-state index is 5.11. The van der Waals surface area contributed by atoms with Crippen molar-refractivity contribution in [1.82, 2.24) is 19.7 Å². The number of nitrogens with one attached hydrogen (secondary N) is 1. The summed E-state index contributed by atoms with van der Waals surface area (Å²) in [7, 11) is 1.70. The minimum atomic E-state index is 0.664. The Kier molecular flexibility index (Phi) is 4.90. The van der Waals surface area contributed by atoms with Crippen LogP contribution >= 0.6 is 0 Å². The molecule has 0 spiro atoms. The van der Waals surface area contributed by atoms with Crippen LogP contribution in [0.5, 0.6) is 0 Å². The Morgan fingerprint density at radius 2 is 1.95 bits per heavy atom. The molecule has 6 nitrogen and oxygen atoms in total. The molecule has 2 rings (SSSR count). The highest BCUT2D eigenvalue weighted by Crippen LogP contribution is 2.16. The van der Waals surface area contributed by atoms with E-state index in [1.807, 2.05) is 25.5 Å². The summed E-state index contributed by atoms with van der Waals surface area (Å²) in [6.45, 7) is 10.1. The van der Waals surface area contributed by atoms with Crippen LogP contribution in [0.2, 0.25) is 0 Å². The first kappa shape index (κ1) is 15.4. The van der Waals surface area contributed by atoms with Gasteiger partial charge in [0.15, 0.2) is 0 Å². The number of ether oxygens (including phenoxy) is 1. The standard InChI is InChI=1S/C15H23N5O/c1-10-8-16-12(3)15(18-10)17-9-14-11(2)19-20(13(14)4)6-7-21-5/h8H,6-7,9H2,1-5H3,(H,17,18). The van der Waals surface area contributed by atoms with Crippen LogP contribution in [0.25, 0.3) is 0 Å². The molecule has 0 saturated carbocycles. The summed E-state index contributed by atoms with van der Waals surface area (Å²) < 4.78 is 7.10. The molecule has 0 aliphatic carbocycles. The maximum Gasteiger partial charge on any atom is 0.148 e. The van der Waals surface area contributed by atoms with Gasteiger partial charge in [0, 0.05) is 31.1 Å². The Morgan fingerprint density at radius 3 is 2.67 bits per heavy atom. The van der Waals surface area contributed by atoms with Gasteiger partial charge in [-0.1, -0.05) is 0 Å². The Balaban J connectivity index is 2.13. The third kappa shape index (κ3) is 3.58. The molecule has 0 atom stereocenters. The van der Waals surface area contributed by atoms with Crippen molar-refractivity contribution in [3.05, 3.63) is 34.5 Å². The highest BCUT2D eigenvalue weighted by Gasteiger charge is 2.12. The van der Waals surface area contributed by atoms with Gasteiger partial charge in [0.1, 0.15) is 5.82 Å². The molecule has 0 radical (unpaired) electrons. The van der Waals surface area contributed by atoms with Gasteiger partial charge in [-0.15, -0.1) is 0 Å². The first-order chi connectivity index (χ1) is 10.0. The van der Waals surface area contributed by atoms with E-state index in [9.17, 15) is 0 Å². The topological polar surface area (TPSA) is 64.9 Å². The van der Waals surface area contributed by atoms with E-state index in [1.54, 1.807) is 13.3 Å². The number of hydrogen-bond acceptors (Lipinski definition) is 5. The minimum Gasteiger partial charge on any atom is -0.383 e. The molecule has 0 bridgehead atoms. The van der Waals surface area contributed by atoms with Crippen LogP contribution < -0.4 is 5.32 Å². The second-order valence-electron chi connectivity index (χ2n) is 5.16. The third-order valence-electron chi connectivity index (χ3n) is 3.55. The van der Waals surface area contributed by atoms with E-state index < -0.39 is 0 Å². The van der Waals surface area contributed by atoms with E-state index in [4.69, 9.17) is 4.74 Å². The van der Waals surface area contributed by atoms with Crippen LogP contribution in [0.4, 0.5) is 5.82 Å². The molecule has 114 valence electrons. The SMILES string of the molecule is COCCn1nc(C)c(CNc2nc(C)cnc2C)c1C. The molecule has 2 aromatic rings. The number of aryl methyl sites for hydroxylation is 3. The summed E-state index contributed by atoms with van der Waals surface area (Å²) in [5.41, 5.74) is 5.22. The molecule has 6 heteroatoms. The van der Waals surface area contributed by atoms with Gasteiger partial charge in [0.05, 0.1) is 30.2 Å². The molecule has 0 amide bonds. The minimum absolute atomic E-state index is 0.664. The number of rotatable bonds is 6. The van der Waals surface area contributed by atoms with Gasteiger partial charge in [-0.05, 0) is 27.7 Å². The molecule has 0 aliphatic rings. The molecule has 0 saturated heterocycles. The lowest BCUT2D eigenvalue weighted by atomic mass is 10.2. The summed E-state index contributed by atoms with van der Waals surface area (Å²) in [5.74, 6) is 0.832. The molecule has 0 unspecified atom stereocenters. The van der Waals surface area contributed by atoms with Crippen molar-refractivity contribution < 1.29 is 4.74 Å². The van der Waals surface area contributed by atoms with Crippen molar-refractivity contribution in [2.24, 2.45) is 0 Å². The van der Waals surface area contributed by atoms with Crippen LogP contribution in [0.1, 0.15) is 28.3 Å². The number of hydrogen-bond donors (Lipinski definition) is 1. The molecule has 2 aromatic heterocycles. The van der Waals surface area contributed by atoms with Gasteiger partial charge >= 0.3 is 0 Å². The largest absolute Gasteiger partial charge is 0.383 e. The fourth-order valence-electron chi connectivity index (χ4n) is 2.26. The van der Waals surface area contributed by atoms with Gasteiger partial charge in [-0.25, -0.2) is 4.98 Å². The quantitative estimate of drug-likeness (QED) is 0.883. The van der Waals surface area contributed by atoms with E-state index >= 15 is 0 Å². The lowest BCUT2D eigenvalue weighted by Crippen LogP contribution is -2.09. The molecular weight excluding hydrogens is 266 g/mol. The Hall–Kier alpha value is -1.95. The first-order valence-electron chi connectivity index (χ1n) is 7.09. The Morgan fingerprint density at radius 1 is 1.19 bits per heavy atom. The monoisotopic (exact) mass is 289 g/mol. The molecule has 2 heterocycles. The predicted octanol–water partition coefficient (Wildman–Crippen LogP) is 2.17. The van der Waals surface area contributed by atoms with Crippen molar-refractivity contribution in [3.8, 4) is 0 Å².